The van der Waals surface area contributed by atoms with Crippen molar-refractivity contribution < 1.29 is 13.6 Å². The van der Waals surface area contributed by atoms with E-state index >= 15 is 0 Å². The number of amides is 1. The smallest absolute Gasteiger partial charge is 0.256 e. The molecule has 0 aliphatic rings. The van der Waals surface area contributed by atoms with Crippen LogP contribution in [0.1, 0.15) is 10.4 Å². The minimum absolute atomic E-state index is 0.0578. The molecule has 0 unspecified atom stereocenters. The van der Waals surface area contributed by atoms with Crippen LogP contribution in [-0.2, 0) is 0 Å². The molecule has 92 valence electrons. The highest BCUT2D eigenvalue weighted by atomic mass is 19.1. The summed E-state index contributed by atoms with van der Waals surface area (Å²) in [6, 6.07) is 4.37. The number of nitrogens with one attached hydrogen (secondary N) is 2. The van der Waals surface area contributed by atoms with Crippen molar-refractivity contribution >= 4 is 11.6 Å². The van der Waals surface area contributed by atoms with E-state index in [0.717, 1.165) is 18.2 Å². The lowest BCUT2D eigenvalue weighted by molar-refractivity contribution is 0.102. The van der Waals surface area contributed by atoms with Gasteiger partial charge in [-0.05, 0) is 18.2 Å². The van der Waals surface area contributed by atoms with Crippen molar-refractivity contribution in [1.82, 2.24) is 9.97 Å². The van der Waals surface area contributed by atoms with E-state index in [1.165, 1.54) is 12.3 Å². The summed E-state index contributed by atoms with van der Waals surface area (Å²) in [6.07, 6.45) is 1.29. The first-order valence-electron chi connectivity index (χ1n) is 4.88. The number of hydrogen-bond acceptors (Lipinski definition) is 3. The third-order valence-corrected chi connectivity index (χ3v) is 2.10. The van der Waals surface area contributed by atoms with Gasteiger partial charge in [-0.2, -0.15) is 13.8 Å². The van der Waals surface area contributed by atoms with Gasteiger partial charge in [-0.1, -0.05) is 0 Å². The summed E-state index contributed by atoms with van der Waals surface area (Å²) in [7, 11) is 0. The normalized spacial score (nSPS) is 10.1. The number of carbonyl (C=O) groups is 1. The SMILES string of the molecule is O=C(Nc1ccc(F)nc1F)c1cc[nH]c(=O)c1. The van der Waals surface area contributed by atoms with Gasteiger partial charge in [0.05, 0.1) is 5.69 Å². The molecule has 2 heterocycles. The molecule has 1 amide bonds. The van der Waals surface area contributed by atoms with Crippen molar-refractivity contribution in [3.05, 3.63) is 58.3 Å². The quantitative estimate of drug-likeness (QED) is 0.790. The molecule has 2 rings (SSSR count). The van der Waals surface area contributed by atoms with Crippen LogP contribution in [0.2, 0.25) is 0 Å². The standard InChI is InChI=1S/C11H7F2N3O2/c12-8-2-1-7(10(13)16-8)15-11(18)6-3-4-14-9(17)5-6/h1-5H,(H,14,17)(H,15,18). The van der Waals surface area contributed by atoms with Crippen LogP contribution in [0.15, 0.2) is 35.3 Å². The number of carbonyl (C=O) groups excluding carboxylic acids is 1. The average molecular weight is 251 g/mol. The maximum absolute atomic E-state index is 13.2. The Kier molecular flexibility index (Phi) is 3.13. The van der Waals surface area contributed by atoms with Crippen molar-refractivity contribution in [2.45, 2.75) is 0 Å². The number of anilines is 1. The van der Waals surface area contributed by atoms with Crippen LogP contribution in [0.3, 0.4) is 0 Å². The number of aromatic nitrogens is 2. The van der Waals surface area contributed by atoms with Gasteiger partial charge in [0, 0.05) is 17.8 Å². The molecule has 2 aromatic heterocycles. The second-order valence-corrected chi connectivity index (χ2v) is 3.37. The fraction of sp³-hybridized carbons (Fsp3) is 0. The first-order chi connectivity index (χ1) is 8.56. The fourth-order valence-electron chi connectivity index (χ4n) is 1.29. The molecule has 0 bridgehead atoms. The summed E-state index contributed by atoms with van der Waals surface area (Å²) in [4.78, 5) is 27.9. The van der Waals surface area contributed by atoms with Gasteiger partial charge in [0.25, 0.3) is 5.91 Å². The second kappa shape index (κ2) is 4.74. The molecule has 5 nitrogen and oxygen atoms in total. The molecule has 0 radical (unpaired) electrons. The number of hydrogen-bond donors (Lipinski definition) is 2. The molecule has 0 fully saturated rings. The molecule has 0 atom stereocenters. The van der Waals surface area contributed by atoms with Crippen LogP contribution in [0.25, 0.3) is 0 Å². The van der Waals surface area contributed by atoms with E-state index in [2.05, 4.69) is 15.3 Å². The van der Waals surface area contributed by atoms with Gasteiger partial charge < -0.3 is 10.3 Å². The summed E-state index contributed by atoms with van der Waals surface area (Å²) >= 11 is 0. The Hall–Kier alpha value is -2.57. The maximum Gasteiger partial charge on any atom is 0.256 e. The first-order valence-corrected chi connectivity index (χ1v) is 4.88. The van der Waals surface area contributed by atoms with E-state index < -0.39 is 23.4 Å². The summed E-state index contributed by atoms with van der Waals surface area (Å²) in [6.45, 7) is 0. The molecule has 7 heteroatoms. The van der Waals surface area contributed by atoms with Crippen LogP contribution in [-0.4, -0.2) is 15.9 Å². The number of pyridine rings is 2. The highest BCUT2D eigenvalue weighted by Gasteiger charge is 2.11. The third kappa shape index (κ3) is 2.57. The van der Waals surface area contributed by atoms with E-state index in [1.807, 2.05) is 0 Å². The Labute approximate surface area is 99.5 Å². The number of rotatable bonds is 2. The monoisotopic (exact) mass is 251 g/mol. The zero-order valence-electron chi connectivity index (χ0n) is 8.91. The van der Waals surface area contributed by atoms with Crippen molar-refractivity contribution in [2.24, 2.45) is 0 Å². The summed E-state index contributed by atoms with van der Waals surface area (Å²) in [5.41, 5.74) is -0.662. The molecule has 18 heavy (non-hydrogen) atoms. The molecule has 0 aliphatic heterocycles. The Balaban J connectivity index is 2.24. The van der Waals surface area contributed by atoms with Crippen molar-refractivity contribution in [3.8, 4) is 0 Å². The number of H-pyrrole nitrogens is 1. The molecular formula is C11H7F2N3O2. The maximum atomic E-state index is 13.2. The van der Waals surface area contributed by atoms with Gasteiger partial charge >= 0.3 is 0 Å². The largest absolute Gasteiger partial charge is 0.329 e. The van der Waals surface area contributed by atoms with Crippen LogP contribution >= 0.6 is 0 Å². The van der Waals surface area contributed by atoms with Crippen LogP contribution in [0.4, 0.5) is 14.5 Å². The number of nitrogens with zero attached hydrogens (tertiary/aromatic N) is 1. The lowest BCUT2D eigenvalue weighted by atomic mass is 10.2. The second-order valence-electron chi connectivity index (χ2n) is 3.37. The van der Waals surface area contributed by atoms with E-state index in [9.17, 15) is 18.4 Å². The number of halogens is 2. The molecular weight excluding hydrogens is 244 g/mol. The van der Waals surface area contributed by atoms with Crippen LogP contribution < -0.4 is 10.9 Å². The van der Waals surface area contributed by atoms with Gasteiger partial charge in [-0.25, -0.2) is 0 Å². The molecule has 0 saturated carbocycles. The van der Waals surface area contributed by atoms with E-state index in [-0.39, 0.29) is 11.3 Å². The zero-order valence-corrected chi connectivity index (χ0v) is 8.91. The van der Waals surface area contributed by atoms with Gasteiger partial charge in [-0.3, -0.25) is 9.59 Å². The van der Waals surface area contributed by atoms with E-state index in [0.29, 0.717) is 0 Å². The Bertz CT molecular complexity index is 655. The van der Waals surface area contributed by atoms with Gasteiger partial charge in [-0.15, -0.1) is 0 Å². The Morgan fingerprint density at radius 3 is 2.72 bits per heavy atom. The van der Waals surface area contributed by atoms with Gasteiger partial charge in [0.1, 0.15) is 0 Å². The molecule has 0 aliphatic carbocycles. The lowest BCUT2D eigenvalue weighted by Gasteiger charge is -2.05. The predicted octanol–water partition coefficient (Wildman–Crippen LogP) is 1.30. The predicted molar refractivity (Wildman–Crippen MR) is 59.2 cm³/mol. The summed E-state index contributed by atoms with van der Waals surface area (Å²) in [5.74, 6) is -2.80. The molecule has 2 N–H and O–H groups in total. The van der Waals surface area contributed by atoms with Crippen LogP contribution in [0.5, 0.6) is 0 Å². The van der Waals surface area contributed by atoms with Gasteiger partial charge in [0.15, 0.2) is 0 Å². The van der Waals surface area contributed by atoms with Gasteiger partial charge in [0.2, 0.25) is 17.5 Å². The molecule has 2 aromatic rings. The Morgan fingerprint density at radius 1 is 1.28 bits per heavy atom. The highest BCUT2D eigenvalue weighted by Crippen LogP contribution is 2.12. The van der Waals surface area contributed by atoms with Crippen molar-refractivity contribution in [2.75, 3.05) is 5.32 Å². The van der Waals surface area contributed by atoms with E-state index in [4.69, 9.17) is 0 Å². The average Bonchev–Trinajstić information content (AvgIpc) is 2.32. The molecule has 0 saturated heterocycles. The minimum atomic E-state index is -1.13. The van der Waals surface area contributed by atoms with Crippen LogP contribution in [0, 0.1) is 11.9 Å². The minimum Gasteiger partial charge on any atom is -0.329 e. The molecule has 0 aromatic carbocycles. The first kappa shape index (κ1) is 11.9. The highest BCUT2D eigenvalue weighted by molar-refractivity contribution is 6.04. The number of aromatic amines is 1. The van der Waals surface area contributed by atoms with Crippen molar-refractivity contribution in [3.63, 3.8) is 0 Å². The fourth-order valence-corrected chi connectivity index (χ4v) is 1.29. The van der Waals surface area contributed by atoms with Crippen molar-refractivity contribution in [1.29, 1.82) is 0 Å². The zero-order chi connectivity index (χ0) is 13.1. The Morgan fingerprint density at radius 2 is 2.06 bits per heavy atom. The third-order valence-electron chi connectivity index (χ3n) is 2.10. The topological polar surface area (TPSA) is 74.8 Å². The lowest BCUT2D eigenvalue weighted by Crippen LogP contribution is -2.16. The van der Waals surface area contributed by atoms with E-state index in [1.54, 1.807) is 0 Å². The summed E-state index contributed by atoms with van der Waals surface area (Å²) in [5, 5.41) is 2.19. The molecule has 0 spiro atoms. The summed E-state index contributed by atoms with van der Waals surface area (Å²) < 4.78 is 25.7.